The first-order chi connectivity index (χ1) is 14.3. The molecule has 3 heteroatoms. The number of aromatic nitrogens is 1. The number of halogens is 1. The maximum absolute atomic E-state index is 14.7. The van der Waals surface area contributed by atoms with Gasteiger partial charge in [-0.15, -0.1) is 0 Å². The Balaban J connectivity index is 1.90. The molecule has 1 aliphatic rings. The van der Waals surface area contributed by atoms with E-state index in [2.05, 4.69) is 68.2 Å². The first-order valence-corrected chi connectivity index (χ1v) is 14.5. The van der Waals surface area contributed by atoms with Gasteiger partial charge in [0.25, 0.3) is 0 Å². The summed E-state index contributed by atoms with van der Waals surface area (Å²) in [6.45, 7) is 11.1. The average molecular weight is 421 g/mol. The van der Waals surface area contributed by atoms with E-state index < -0.39 is 8.07 Å². The number of nitrogens with zero attached hydrogens (tertiary/aromatic N) is 1. The lowest BCUT2D eigenvalue weighted by Crippen LogP contribution is -2.45. The molecule has 1 fully saturated rings. The molecule has 1 saturated carbocycles. The molecular formula is C27H35FNSi+. The third-order valence-corrected chi connectivity index (χ3v) is 12.2. The third kappa shape index (κ3) is 3.41. The van der Waals surface area contributed by atoms with Gasteiger partial charge in [-0.1, -0.05) is 63.0 Å². The van der Waals surface area contributed by atoms with Gasteiger partial charge in [-0.05, 0) is 60.0 Å². The number of hydrogen-bond donors (Lipinski definition) is 0. The maximum atomic E-state index is 14.7. The molecule has 1 aliphatic carbocycles. The van der Waals surface area contributed by atoms with Crippen molar-refractivity contribution >= 4 is 24.0 Å². The fraction of sp³-hybridized carbons (Fsp3) is 0.444. The molecule has 0 atom stereocenters. The Hall–Kier alpha value is -2.00. The van der Waals surface area contributed by atoms with Crippen LogP contribution in [-0.4, -0.2) is 8.07 Å². The molecule has 0 unspecified atom stereocenters. The number of aryl methyl sites for hydroxylation is 2. The van der Waals surface area contributed by atoms with Crippen LogP contribution >= 0.6 is 0 Å². The summed E-state index contributed by atoms with van der Waals surface area (Å²) in [6, 6.07) is 11.5. The van der Waals surface area contributed by atoms with Crippen LogP contribution in [0.5, 0.6) is 0 Å². The van der Waals surface area contributed by atoms with Gasteiger partial charge in [0, 0.05) is 6.07 Å². The molecule has 0 amide bonds. The Morgan fingerprint density at radius 3 is 2.40 bits per heavy atom. The van der Waals surface area contributed by atoms with Crippen LogP contribution < -0.4 is 9.75 Å². The van der Waals surface area contributed by atoms with Crippen LogP contribution in [0.2, 0.25) is 18.6 Å². The van der Waals surface area contributed by atoms with Crippen molar-refractivity contribution in [2.45, 2.75) is 71.5 Å². The summed E-state index contributed by atoms with van der Waals surface area (Å²) in [7, 11) is 0.629. The van der Waals surface area contributed by atoms with Gasteiger partial charge in [-0.2, -0.15) is 0 Å². The summed E-state index contributed by atoms with van der Waals surface area (Å²) < 4.78 is 16.9. The lowest BCUT2D eigenvalue weighted by Gasteiger charge is -2.30. The average Bonchev–Trinajstić information content (AvgIpc) is 3.28. The minimum Gasteiger partial charge on any atom is -0.206 e. The largest absolute Gasteiger partial charge is 0.220 e. The van der Waals surface area contributed by atoms with Gasteiger partial charge in [0.15, 0.2) is 6.20 Å². The van der Waals surface area contributed by atoms with E-state index in [-0.39, 0.29) is 5.82 Å². The zero-order valence-electron chi connectivity index (χ0n) is 19.4. The summed E-state index contributed by atoms with van der Waals surface area (Å²) in [5.41, 5.74) is 5.86. The molecule has 0 radical (unpaired) electrons. The van der Waals surface area contributed by atoms with Gasteiger partial charge in [-0.25, -0.2) is 8.96 Å². The second-order valence-electron chi connectivity index (χ2n) is 9.78. The Morgan fingerprint density at radius 2 is 1.73 bits per heavy atom. The van der Waals surface area contributed by atoms with E-state index in [1.165, 1.54) is 42.1 Å². The molecule has 0 saturated heterocycles. The molecule has 1 nitrogen and oxygen atoms in total. The highest BCUT2D eigenvalue weighted by Crippen LogP contribution is 2.39. The van der Waals surface area contributed by atoms with Crippen molar-refractivity contribution in [3.8, 4) is 11.3 Å². The monoisotopic (exact) mass is 420 g/mol. The standard InChI is InChI=1S/C27H35FNSi/c1-7-20-17-25(18(2)19(3)26(20)28)27-24-13-12-23(16-21(24)14-15-29(27)4)30(5,6)22-10-8-9-11-22/h12-17,22H,7-11H2,1-6H3/q+1. The number of benzene rings is 2. The number of fused-ring (bicyclic) bond motifs is 1. The Bertz CT molecular complexity index is 1110. The predicted octanol–water partition coefficient (Wildman–Crippen LogP) is 6.51. The molecule has 1 aromatic heterocycles. The van der Waals surface area contributed by atoms with E-state index >= 15 is 0 Å². The van der Waals surface area contributed by atoms with Crippen LogP contribution in [0.15, 0.2) is 36.5 Å². The molecular weight excluding hydrogens is 385 g/mol. The normalized spacial score (nSPS) is 15.3. The molecule has 0 bridgehead atoms. The third-order valence-electron chi connectivity index (χ3n) is 7.79. The van der Waals surface area contributed by atoms with Crippen molar-refractivity contribution < 1.29 is 8.96 Å². The summed E-state index contributed by atoms with van der Waals surface area (Å²) in [6.07, 6.45) is 8.48. The van der Waals surface area contributed by atoms with Gasteiger partial charge in [0.05, 0.1) is 19.0 Å². The Morgan fingerprint density at radius 1 is 1.03 bits per heavy atom. The fourth-order valence-corrected chi connectivity index (χ4v) is 8.81. The second kappa shape index (κ2) is 7.92. The second-order valence-corrected chi connectivity index (χ2v) is 14.6. The zero-order chi connectivity index (χ0) is 21.6. The van der Waals surface area contributed by atoms with Crippen molar-refractivity contribution in [1.82, 2.24) is 0 Å². The predicted molar refractivity (Wildman–Crippen MR) is 129 cm³/mol. The van der Waals surface area contributed by atoms with Gasteiger partial charge < -0.3 is 0 Å². The lowest BCUT2D eigenvalue weighted by atomic mass is 9.93. The van der Waals surface area contributed by atoms with Crippen molar-refractivity contribution in [3.05, 3.63) is 59.0 Å². The zero-order valence-corrected chi connectivity index (χ0v) is 20.4. The maximum Gasteiger partial charge on any atom is 0.220 e. The molecule has 158 valence electrons. The van der Waals surface area contributed by atoms with Gasteiger partial charge in [-0.3, -0.25) is 0 Å². The van der Waals surface area contributed by atoms with E-state index in [9.17, 15) is 4.39 Å². The van der Waals surface area contributed by atoms with E-state index in [4.69, 9.17) is 0 Å². The SMILES string of the molecule is CCc1cc(-c2c3ccc([Si](C)(C)C4CCCC4)cc3cc[n+]2C)c(C)c(C)c1F. The molecule has 2 aromatic carbocycles. The summed E-state index contributed by atoms with van der Waals surface area (Å²) in [5.74, 6) is -0.0479. The minimum atomic E-state index is -1.47. The summed E-state index contributed by atoms with van der Waals surface area (Å²) in [5, 5.41) is 4.14. The van der Waals surface area contributed by atoms with Crippen molar-refractivity contribution in [2.75, 3.05) is 0 Å². The molecule has 4 rings (SSSR count). The highest BCUT2D eigenvalue weighted by atomic mass is 28.3. The quantitative estimate of drug-likeness (QED) is 0.335. The topological polar surface area (TPSA) is 3.88 Å². The van der Waals surface area contributed by atoms with Crippen molar-refractivity contribution in [3.63, 3.8) is 0 Å². The first kappa shape index (κ1) is 21.2. The van der Waals surface area contributed by atoms with E-state index in [1.807, 2.05) is 13.8 Å². The highest BCUT2D eigenvalue weighted by Gasteiger charge is 2.35. The van der Waals surface area contributed by atoms with Crippen LogP contribution in [0.3, 0.4) is 0 Å². The first-order valence-electron chi connectivity index (χ1n) is 11.5. The minimum absolute atomic E-state index is 0.0479. The van der Waals surface area contributed by atoms with Gasteiger partial charge >= 0.3 is 0 Å². The molecule has 0 aliphatic heterocycles. The number of rotatable bonds is 4. The van der Waals surface area contributed by atoms with Crippen molar-refractivity contribution in [2.24, 2.45) is 7.05 Å². The fourth-order valence-electron chi connectivity index (χ4n) is 5.45. The smallest absolute Gasteiger partial charge is 0.206 e. The highest BCUT2D eigenvalue weighted by molar-refractivity contribution is 6.91. The van der Waals surface area contributed by atoms with Gasteiger partial charge in [0.2, 0.25) is 5.69 Å². The molecule has 0 N–H and O–H groups in total. The Kier molecular flexibility index (Phi) is 5.61. The van der Waals surface area contributed by atoms with E-state index in [0.29, 0.717) is 6.42 Å². The van der Waals surface area contributed by atoms with Crippen LogP contribution in [0.1, 0.15) is 49.3 Å². The van der Waals surface area contributed by atoms with Crippen LogP contribution in [0, 0.1) is 19.7 Å². The summed E-state index contributed by atoms with van der Waals surface area (Å²) in [4.78, 5) is 0. The Labute approximate surface area is 182 Å². The number of pyridine rings is 1. The van der Waals surface area contributed by atoms with E-state index in [0.717, 1.165) is 27.8 Å². The van der Waals surface area contributed by atoms with Gasteiger partial charge in [0.1, 0.15) is 12.9 Å². The molecule has 1 heterocycles. The van der Waals surface area contributed by atoms with Crippen LogP contribution in [-0.2, 0) is 13.5 Å². The van der Waals surface area contributed by atoms with Crippen LogP contribution in [0.4, 0.5) is 4.39 Å². The van der Waals surface area contributed by atoms with Crippen molar-refractivity contribution in [1.29, 1.82) is 0 Å². The molecule has 0 spiro atoms. The summed E-state index contributed by atoms with van der Waals surface area (Å²) >= 11 is 0. The van der Waals surface area contributed by atoms with Crippen LogP contribution in [0.25, 0.3) is 22.0 Å². The number of hydrogen-bond acceptors (Lipinski definition) is 0. The van der Waals surface area contributed by atoms with E-state index in [1.54, 1.807) is 5.19 Å². The molecule has 3 aromatic rings. The molecule has 30 heavy (non-hydrogen) atoms. The lowest BCUT2D eigenvalue weighted by molar-refractivity contribution is -0.659.